The Labute approximate surface area is 229 Å². The minimum absolute atomic E-state index is 0.105. The van der Waals surface area contributed by atoms with Gasteiger partial charge in [-0.05, 0) is 35.6 Å². The largest absolute Gasteiger partial charge is 0.458 e. The molecule has 0 bridgehead atoms. The van der Waals surface area contributed by atoms with Gasteiger partial charge in [-0.1, -0.05) is 65.9 Å². The molecule has 8 nitrogen and oxygen atoms in total. The highest BCUT2D eigenvalue weighted by molar-refractivity contribution is 6.81. The molecule has 2 aliphatic rings. The molecule has 2 atom stereocenters. The fourth-order valence-corrected chi connectivity index (χ4v) is 9.54. The van der Waals surface area contributed by atoms with E-state index in [9.17, 15) is 14.4 Å². The van der Waals surface area contributed by atoms with E-state index in [-0.39, 0.29) is 22.9 Å². The molecule has 39 heavy (non-hydrogen) atoms. The van der Waals surface area contributed by atoms with E-state index in [1.807, 2.05) is 30.3 Å². The molecular formula is C30H37N3O5Si. The van der Waals surface area contributed by atoms with Crippen LogP contribution in [0.2, 0.25) is 18.1 Å². The molecule has 0 aliphatic carbocycles. The Bertz CT molecular complexity index is 1570. The number of rotatable bonds is 6. The van der Waals surface area contributed by atoms with Gasteiger partial charge < -0.3 is 19.8 Å². The Hall–Kier alpha value is -3.30. The third-order valence-corrected chi connectivity index (χ3v) is 15.3. The first-order valence-corrected chi connectivity index (χ1v) is 16.7. The third-order valence-electron chi connectivity index (χ3n) is 9.68. The standard InChI is InChI=1S/C30H37N3O5Si/c1-8-30(38-23(34)15-31)20-14-22-25-19(13-18-11-9-10-12-21(18)32-25)16-33(22)26(35)24(20)27(37-28(30)36)39(6,7)29(4,5)17(2)3/h9-14,17,27H,8,15-16,31H2,1-7H3. The molecule has 2 aliphatic heterocycles. The van der Waals surface area contributed by atoms with Crippen LogP contribution in [0.4, 0.5) is 0 Å². The number of para-hydroxylation sites is 1. The van der Waals surface area contributed by atoms with Crippen LogP contribution in [0.25, 0.3) is 22.3 Å². The van der Waals surface area contributed by atoms with Crippen LogP contribution in [0, 0.1) is 5.92 Å². The second kappa shape index (κ2) is 9.13. The normalized spacial score (nSPS) is 20.4. The molecule has 9 heteroatoms. The van der Waals surface area contributed by atoms with E-state index in [0.717, 1.165) is 16.5 Å². The van der Waals surface area contributed by atoms with Gasteiger partial charge in [-0.2, -0.15) is 0 Å². The number of carbonyl (C=O) groups excluding carboxylic acids is 2. The highest BCUT2D eigenvalue weighted by Crippen LogP contribution is 2.54. The first-order chi connectivity index (χ1) is 18.3. The summed E-state index contributed by atoms with van der Waals surface area (Å²) in [6.45, 7) is 14.7. The summed E-state index contributed by atoms with van der Waals surface area (Å²) in [4.78, 5) is 45.8. The van der Waals surface area contributed by atoms with Gasteiger partial charge in [0.1, 0.15) is 13.8 Å². The highest BCUT2D eigenvalue weighted by atomic mass is 28.3. The maximum Gasteiger partial charge on any atom is 0.355 e. The van der Waals surface area contributed by atoms with Gasteiger partial charge in [0.05, 0.1) is 35.6 Å². The second-order valence-corrected chi connectivity index (χ2v) is 17.4. The van der Waals surface area contributed by atoms with Gasteiger partial charge in [-0.25, -0.2) is 9.78 Å². The Morgan fingerprint density at radius 2 is 1.95 bits per heavy atom. The molecule has 0 radical (unpaired) electrons. The van der Waals surface area contributed by atoms with Crippen LogP contribution in [-0.2, 0) is 31.2 Å². The summed E-state index contributed by atoms with van der Waals surface area (Å²) in [5.41, 5.74) is 6.74. The first kappa shape index (κ1) is 27.3. The lowest BCUT2D eigenvalue weighted by atomic mass is 9.85. The van der Waals surface area contributed by atoms with Gasteiger partial charge >= 0.3 is 11.9 Å². The number of carbonyl (C=O) groups is 2. The number of fused-ring (bicyclic) bond motifs is 5. The van der Waals surface area contributed by atoms with Crippen LogP contribution < -0.4 is 11.3 Å². The van der Waals surface area contributed by atoms with E-state index in [0.29, 0.717) is 29.1 Å². The van der Waals surface area contributed by atoms with Crippen LogP contribution in [0.5, 0.6) is 0 Å². The summed E-state index contributed by atoms with van der Waals surface area (Å²) in [5, 5.41) is 0.804. The second-order valence-electron chi connectivity index (χ2n) is 12.2. The topological polar surface area (TPSA) is 114 Å². The minimum Gasteiger partial charge on any atom is -0.458 e. The van der Waals surface area contributed by atoms with Gasteiger partial charge in [0, 0.05) is 16.5 Å². The molecule has 1 aromatic carbocycles. The summed E-state index contributed by atoms with van der Waals surface area (Å²) in [7, 11) is -2.53. The maximum atomic E-state index is 14.5. The number of esters is 2. The summed E-state index contributed by atoms with van der Waals surface area (Å²) in [5.74, 6) is -1.10. The zero-order chi connectivity index (χ0) is 28.5. The molecule has 4 heterocycles. The number of nitrogens with two attached hydrogens (primary N) is 1. The van der Waals surface area contributed by atoms with Gasteiger partial charge in [-0.3, -0.25) is 9.59 Å². The van der Waals surface area contributed by atoms with Crippen molar-refractivity contribution in [3.05, 3.63) is 63.4 Å². The zero-order valence-electron chi connectivity index (χ0n) is 23.8. The van der Waals surface area contributed by atoms with Crippen LogP contribution in [0.1, 0.15) is 63.5 Å². The monoisotopic (exact) mass is 547 g/mol. The number of nitrogens with zero attached hydrogens (tertiary/aromatic N) is 2. The number of benzene rings is 1. The Kier molecular flexibility index (Phi) is 6.38. The average molecular weight is 548 g/mol. The summed E-state index contributed by atoms with van der Waals surface area (Å²) in [6, 6.07) is 11.7. The van der Waals surface area contributed by atoms with Crippen molar-refractivity contribution >= 4 is 30.9 Å². The highest BCUT2D eigenvalue weighted by Gasteiger charge is 2.59. The molecule has 0 amide bonds. The lowest BCUT2D eigenvalue weighted by Gasteiger charge is -2.50. The Balaban J connectivity index is 1.83. The fraction of sp³-hybridized carbons (Fsp3) is 0.467. The van der Waals surface area contributed by atoms with Crippen LogP contribution >= 0.6 is 0 Å². The molecule has 2 unspecified atom stereocenters. The van der Waals surface area contributed by atoms with E-state index >= 15 is 0 Å². The van der Waals surface area contributed by atoms with Crippen LogP contribution in [0.15, 0.2) is 41.2 Å². The number of ether oxygens (including phenoxy) is 2. The van der Waals surface area contributed by atoms with E-state index in [2.05, 4.69) is 46.9 Å². The SMILES string of the molecule is CCC1(OC(=O)CN)C(=O)OC([Si](C)(C)C(C)(C)C(C)C)c2c1cc1n(c2=O)Cc2cc3ccccc3nc2-1. The molecule has 0 fully saturated rings. The van der Waals surface area contributed by atoms with Crippen molar-refractivity contribution in [1.29, 1.82) is 0 Å². The van der Waals surface area contributed by atoms with Crippen molar-refractivity contribution in [3.8, 4) is 11.4 Å². The third kappa shape index (κ3) is 3.81. The summed E-state index contributed by atoms with van der Waals surface area (Å²) >= 11 is 0. The van der Waals surface area contributed by atoms with E-state index in [1.165, 1.54) is 0 Å². The molecule has 2 aromatic heterocycles. The summed E-state index contributed by atoms with van der Waals surface area (Å²) < 4.78 is 13.7. The predicted molar refractivity (Wildman–Crippen MR) is 153 cm³/mol. The predicted octanol–water partition coefficient (Wildman–Crippen LogP) is 4.81. The van der Waals surface area contributed by atoms with Crippen LogP contribution in [0.3, 0.4) is 0 Å². The fourth-order valence-electron chi connectivity index (χ4n) is 5.98. The van der Waals surface area contributed by atoms with Gasteiger partial charge in [0.2, 0.25) is 5.60 Å². The van der Waals surface area contributed by atoms with Crippen molar-refractivity contribution < 1.29 is 19.1 Å². The first-order valence-electron chi connectivity index (χ1n) is 13.6. The van der Waals surface area contributed by atoms with E-state index in [1.54, 1.807) is 11.5 Å². The number of hydrogen-bond acceptors (Lipinski definition) is 7. The lowest BCUT2D eigenvalue weighted by Crippen LogP contribution is -2.57. The van der Waals surface area contributed by atoms with Crippen molar-refractivity contribution in [1.82, 2.24) is 9.55 Å². The molecule has 0 saturated carbocycles. The van der Waals surface area contributed by atoms with Gasteiger partial charge in [-0.15, -0.1) is 0 Å². The zero-order valence-corrected chi connectivity index (χ0v) is 24.8. The minimum atomic E-state index is -2.53. The Morgan fingerprint density at radius 1 is 1.26 bits per heavy atom. The quantitative estimate of drug-likeness (QED) is 0.272. The molecule has 0 saturated heterocycles. The molecule has 206 valence electrons. The van der Waals surface area contributed by atoms with Crippen molar-refractivity contribution in [2.24, 2.45) is 11.7 Å². The molecule has 0 spiro atoms. The smallest absolute Gasteiger partial charge is 0.355 e. The van der Waals surface area contributed by atoms with E-state index in [4.69, 9.17) is 20.2 Å². The molecular weight excluding hydrogens is 510 g/mol. The number of pyridine rings is 2. The maximum absolute atomic E-state index is 14.5. The molecule has 3 aromatic rings. The number of hydrogen-bond donors (Lipinski definition) is 1. The van der Waals surface area contributed by atoms with Crippen molar-refractivity contribution in [2.45, 2.75) is 77.0 Å². The molecule has 5 rings (SSSR count). The van der Waals surface area contributed by atoms with Gasteiger partial charge in [0.25, 0.3) is 5.56 Å². The van der Waals surface area contributed by atoms with Crippen molar-refractivity contribution in [3.63, 3.8) is 0 Å². The van der Waals surface area contributed by atoms with Crippen LogP contribution in [-0.4, -0.2) is 36.1 Å². The van der Waals surface area contributed by atoms with E-state index < -0.39 is 37.9 Å². The number of aromatic nitrogens is 2. The van der Waals surface area contributed by atoms with Crippen molar-refractivity contribution in [2.75, 3.05) is 6.54 Å². The average Bonchev–Trinajstić information content (AvgIpc) is 3.26. The summed E-state index contributed by atoms with van der Waals surface area (Å²) in [6.07, 6.45) is 0.105. The van der Waals surface area contributed by atoms with Gasteiger partial charge in [0.15, 0.2) is 0 Å². The molecule has 2 N–H and O–H groups in total. The Morgan fingerprint density at radius 3 is 2.59 bits per heavy atom. The lowest BCUT2D eigenvalue weighted by molar-refractivity contribution is -0.190. The number of cyclic esters (lactones) is 1.